The maximum absolute atomic E-state index is 13.1. The Morgan fingerprint density at radius 1 is 1.14 bits per heavy atom. The Hall–Kier alpha value is -3.14. The molecule has 2 aromatic heterocycles. The lowest BCUT2D eigenvalue weighted by Crippen LogP contribution is -2.40. The minimum atomic E-state index is -4.44. The zero-order valence-electron chi connectivity index (χ0n) is 15.2. The van der Waals surface area contributed by atoms with Gasteiger partial charge in [-0.05, 0) is 18.2 Å². The highest BCUT2D eigenvalue weighted by Crippen LogP contribution is 2.33. The number of allylic oxidation sites excluding steroid dienone is 1. The summed E-state index contributed by atoms with van der Waals surface area (Å²) in [6.07, 6.45) is -1.23. The molecule has 0 aliphatic carbocycles. The van der Waals surface area contributed by atoms with Crippen molar-refractivity contribution in [1.82, 2.24) is 19.3 Å². The molecule has 2 aliphatic heterocycles. The third-order valence-electron chi connectivity index (χ3n) is 5.15. The summed E-state index contributed by atoms with van der Waals surface area (Å²) in [4.78, 5) is 18.8. The Morgan fingerprint density at radius 3 is 2.69 bits per heavy atom. The third-order valence-corrected chi connectivity index (χ3v) is 5.15. The smallest absolute Gasteiger partial charge is 0.378 e. The van der Waals surface area contributed by atoms with E-state index in [9.17, 15) is 18.0 Å². The Morgan fingerprint density at radius 2 is 1.93 bits per heavy atom. The molecule has 2 aliphatic rings. The van der Waals surface area contributed by atoms with Crippen LogP contribution >= 0.6 is 0 Å². The van der Waals surface area contributed by atoms with Crippen LogP contribution in [0.4, 0.5) is 19.1 Å². The molecule has 0 spiro atoms. The van der Waals surface area contributed by atoms with Crippen molar-refractivity contribution in [3.63, 3.8) is 0 Å². The van der Waals surface area contributed by atoms with Crippen molar-refractivity contribution in [3.8, 4) is 0 Å². The molecule has 0 amide bonds. The first-order valence-corrected chi connectivity index (χ1v) is 9.13. The molecule has 7 nitrogen and oxygen atoms in total. The molecular weight excluding hydrogens is 387 g/mol. The molecule has 150 valence electrons. The van der Waals surface area contributed by atoms with Crippen molar-refractivity contribution >= 4 is 22.7 Å². The summed E-state index contributed by atoms with van der Waals surface area (Å²) < 4.78 is 48.2. The number of alkyl halides is 3. The monoisotopic (exact) mass is 403 g/mol. The Kier molecular flexibility index (Phi) is 3.98. The number of anilines is 1. The minimum Gasteiger partial charge on any atom is -0.378 e. The lowest BCUT2D eigenvalue weighted by Gasteiger charge is -2.31. The van der Waals surface area contributed by atoms with E-state index in [0.29, 0.717) is 61.1 Å². The maximum Gasteiger partial charge on any atom is 0.416 e. The summed E-state index contributed by atoms with van der Waals surface area (Å²) in [6.45, 7) is 2.66. The predicted octanol–water partition coefficient (Wildman–Crippen LogP) is 2.35. The summed E-state index contributed by atoms with van der Waals surface area (Å²) in [5, 5.41) is 4.62. The van der Waals surface area contributed by atoms with Crippen LogP contribution in [0, 0.1) is 0 Å². The normalized spacial score (nSPS) is 16.9. The first-order chi connectivity index (χ1) is 13.9. The molecule has 1 fully saturated rings. The van der Waals surface area contributed by atoms with Crippen LogP contribution in [0.5, 0.6) is 0 Å². The van der Waals surface area contributed by atoms with Crippen molar-refractivity contribution in [2.75, 3.05) is 31.2 Å². The fourth-order valence-electron chi connectivity index (χ4n) is 3.77. The number of ether oxygens (including phenoxy) is 1. The van der Waals surface area contributed by atoms with Gasteiger partial charge < -0.3 is 9.64 Å². The van der Waals surface area contributed by atoms with E-state index in [1.807, 2.05) is 9.47 Å². The second-order valence-corrected chi connectivity index (χ2v) is 6.89. The molecule has 4 heterocycles. The van der Waals surface area contributed by atoms with E-state index < -0.39 is 17.3 Å². The van der Waals surface area contributed by atoms with Crippen LogP contribution < -0.4 is 10.5 Å². The van der Waals surface area contributed by atoms with Crippen LogP contribution in [0.15, 0.2) is 41.3 Å². The van der Waals surface area contributed by atoms with Gasteiger partial charge >= 0.3 is 6.18 Å². The first-order valence-electron chi connectivity index (χ1n) is 9.13. The zero-order chi connectivity index (χ0) is 20.2. The van der Waals surface area contributed by atoms with Crippen LogP contribution in [0.2, 0.25) is 0 Å². The van der Waals surface area contributed by atoms with Gasteiger partial charge in [-0.3, -0.25) is 9.36 Å². The van der Waals surface area contributed by atoms with E-state index in [2.05, 4.69) is 10.1 Å². The van der Waals surface area contributed by atoms with Crippen molar-refractivity contribution in [2.24, 2.45) is 0 Å². The zero-order valence-corrected chi connectivity index (χ0v) is 15.2. The number of aromatic nitrogens is 4. The molecule has 29 heavy (non-hydrogen) atoms. The van der Waals surface area contributed by atoms with Crippen molar-refractivity contribution in [3.05, 3.63) is 58.0 Å². The number of hydrogen-bond acceptors (Lipinski definition) is 5. The SMILES string of the molecule is O=c1nc(N2CCOCC2)n2c3c1cnn3C(c1cccc(C(F)(F)F)c1)=CC2. The molecule has 0 saturated carbocycles. The van der Waals surface area contributed by atoms with E-state index in [1.54, 1.807) is 12.1 Å². The molecular formula is C19H16F3N5O2. The van der Waals surface area contributed by atoms with Crippen molar-refractivity contribution < 1.29 is 17.9 Å². The second-order valence-electron chi connectivity index (χ2n) is 6.89. The summed E-state index contributed by atoms with van der Waals surface area (Å²) in [7, 11) is 0. The molecule has 3 aromatic rings. The highest BCUT2D eigenvalue weighted by atomic mass is 19.4. The topological polar surface area (TPSA) is 65.2 Å². The number of nitrogens with zero attached hydrogens (tertiary/aromatic N) is 5. The van der Waals surface area contributed by atoms with E-state index in [4.69, 9.17) is 4.74 Å². The summed E-state index contributed by atoms with van der Waals surface area (Å²) >= 11 is 0. The van der Waals surface area contributed by atoms with Gasteiger partial charge in [-0.25, -0.2) is 4.68 Å². The Balaban J connectivity index is 1.66. The number of benzene rings is 1. The van der Waals surface area contributed by atoms with Gasteiger partial charge in [0, 0.05) is 25.2 Å². The third kappa shape index (κ3) is 2.91. The highest BCUT2D eigenvalue weighted by Gasteiger charge is 2.31. The number of halogens is 3. The van der Waals surface area contributed by atoms with Crippen LogP contribution in [0.3, 0.4) is 0 Å². The highest BCUT2D eigenvalue weighted by molar-refractivity contribution is 5.83. The van der Waals surface area contributed by atoms with Gasteiger partial charge in [0.1, 0.15) is 5.39 Å². The molecule has 0 N–H and O–H groups in total. The molecule has 1 aromatic carbocycles. The van der Waals surface area contributed by atoms with Gasteiger partial charge in [-0.1, -0.05) is 12.1 Å². The molecule has 0 bridgehead atoms. The van der Waals surface area contributed by atoms with Crippen LogP contribution in [0.25, 0.3) is 16.7 Å². The van der Waals surface area contributed by atoms with Crippen LogP contribution in [0.1, 0.15) is 11.1 Å². The predicted molar refractivity (Wildman–Crippen MR) is 99.6 cm³/mol. The van der Waals surface area contributed by atoms with Crippen molar-refractivity contribution in [2.45, 2.75) is 12.7 Å². The fraction of sp³-hybridized carbons (Fsp3) is 0.316. The molecule has 10 heteroatoms. The van der Waals surface area contributed by atoms with Crippen LogP contribution in [-0.2, 0) is 17.5 Å². The quantitative estimate of drug-likeness (QED) is 0.657. The van der Waals surface area contributed by atoms with E-state index in [-0.39, 0.29) is 0 Å². The number of rotatable bonds is 2. The van der Waals surface area contributed by atoms with Gasteiger partial charge in [0.25, 0.3) is 5.56 Å². The van der Waals surface area contributed by atoms with Gasteiger partial charge in [0.2, 0.25) is 5.95 Å². The summed E-state index contributed by atoms with van der Waals surface area (Å²) in [6, 6.07) is 5.10. The molecule has 5 rings (SSSR count). The van der Waals surface area contributed by atoms with Gasteiger partial charge in [0.15, 0.2) is 5.65 Å². The van der Waals surface area contributed by atoms with E-state index in [1.165, 1.54) is 16.9 Å². The standard InChI is InChI=1S/C19H16F3N5O2/c20-19(21,22)13-3-1-2-12(10-13)15-4-5-26-17-14(11-23-27(15)17)16(28)24-18(26)25-6-8-29-9-7-25/h1-4,10-11H,5-9H2. The van der Waals surface area contributed by atoms with E-state index in [0.717, 1.165) is 12.1 Å². The lowest BCUT2D eigenvalue weighted by molar-refractivity contribution is -0.137. The fourth-order valence-corrected chi connectivity index (χ4v) is 3.77. The molecule has 0 unspecified atom stereocenters. The lowest BCUT2D eigenvalue weighted by atomic mass is 10.1. The maximum atomic E-state index is 13.1. The summed E-state index contributed by atoms with van der Waals surface area (Å²) in [5.74, 6) is 0.520. The Bertz CT molecular complexity index is 1190. The van der Waals surface area contributed by atoms with Crippen LogP contribution in [-0.4, -0.2) is 45.6 Å². The largest absolute Gasteiger partial charge is 0.416 e. The van der Waals surface area contributed by atoms with E-state index >= 15 is 0 Å². The number of hydrogen-bond donors (Lipinski definition) is 0. The van der Waals surface area contributed by atoms with Gasteiger partial charge in [-0.2, -0.15) is 23.3 Å². The minimum absolute atomic E-state index is 0.333. The average molecular weight is 403 g/mol. The second kappa shape index (κ2) is 6.45. The first kappa shape index (κ1) is 17.9. The van der Waals surface area contributed by atoms with Gasteiger partial charge in [0.05, 0.1) is 30.7 Å². The number of morpholine rings is 1. The van der Waals surface area contributed by atoms with Crippen molar-refractivity contribution in [1.29, 1.82) is 0 Å². The summed E-state index contributed by atoms with van der Waals surface area (Å²) in [5.41, 5.74) is 0.277. The molecule has 0 radical (unpaired) electrons. The average Bonchev–Trinajstić information content (AvgIpc) is 3.17. The van der Waals surface area contributed by atoms with Gasteiger partial charge in [-0.15, -0.1) is 0 Å². The molecule has 0 atom stereocenters. The Labute approximate surface area is 162 Å². The molecule has 1 saturated heterocycles.